The van der Waals surface area contributed by atoms with E-state index in [-0.39, 0.29) is 21.9 Å². The zero-order chi connectivity index (χ0) is 22.7. The third kappa shape index (κ3) is 5.11. The molecule has 0 atom stereocenters. The molecule has 8 nitrogen and oxygen atoms in total. The number of hydrogen-bond acceptors (Lipinski definition) is 8. The van der Waals surface area contributed by atoms with Gasteiger partial charge in [0, 0.05) is 5.38 Å². The molecule has 2 aromatic rings. The van der Waals surface area contributed by atoms with Crippen LogP contribution in [-0.4, -0.2) is 35.7 Å². The van der Waals surface area contributed by atoms with Gasteiger partial charge in [-0.25, -0.2) is 21.6 Å². The summed E-state index contributed by atoms with van der Waals surface area (Å²) in [7, 11) is -7.66. The molecule has 1 aromatic carbocycles. The number of alkyl halides is 3. The van der Waals surface area contributed by atoms with E-state index >= 15 is 0 Å². The Bertz CT molecular complexity index is 1140. The predicted molar refractivity (Wildman–Crippen MR) is 103 cm³/mol. The van der Waals surface area contributed by atoms with Crippen LogP contribution in [0.4, 0.5) is 18.9 Å². The monoisotopic (exact) mass is 486 g/mol. The van der Waals surface area contributed by atoms with Gasteiger partial charge < -0.3 is 10.2 Å². The first-order chi connectivity index (χ1) is 13.8. The summed E-state index contributed by atoms with van der Waals surface area (Å²) in [4.78, 5) is 12.0. The van der Waals surface area contributed by atoms with Crippen LogP contribution in [-0.2, 0) is 30.8 Å². The summed E-state index contributed by atoms with van der Waals surface area (Å²) in [5.41, 5.74) is 0.255. The Labute approximate surface area is 175 Å². The summed E-state index contributed by atoms with van der Waals surface area (Å²) >= 11 is 0.684. The summed E-state index contributed by atoms with van der Waals surface area (Å²) in [5, 5.41) is 1.12. The van der Waals surface area contributed by atoms with Crippen LogP contribution in [0.1, 0.15) is 28.6 Å². The van der Waals surface area contributed by atoms with Crippen molar-refractivity contribution in [3.63, 3.8) is 0 Å². The van der Waals surface area contributed by atoms with Gasteiger partial charge in [0.1, 0.15) is 9.77 Å². The average Bonchev–Trinajstić information content (AvgIpc) is 3.10. The second-order valence-corrected chi connectivity index (χ2v) is 10.4. The number of sulfone groups is 1. The lowest BCUT2D eigenvalue weighted by Crippen LogP contribution is -2.32. The number of thiophene rings is 1. The molecule has 0 fully saturated rings. The number of nitrogens with one attached hydrogen (secondary N) is 2. The standard InChI is InChI=1S/C16H17F3N2O6S3/c1-3-8-29(23,24)12-9-28-14(15(22)27-2)13(12)20-21-30(25,26)11-7-5-4-6-10(11)16(17,18)19/h4-7,9,20-21H,3,8H2,1-2H3. The van der Waals surface area contributed by atoms with Crippen LogP contribution in [0.25, 0.3) is 0 Å². The smallest absolute Gasteiger partial charge is 0.417 e. The van der Waals surface area contributed by atoms with Crippen molar-refractivity contribution in [2.24, 2.45) is 0 Å². The van der Waals surface area contributed by atoms with Crippen molar-refractivity contribution >= 4 is 42.9 Å². The number of carbonyl (C=O) groups excluding carboxylic acids is 1. The van der Waals surface area contributed by atoms with Crippen LogP contribution in [0.3, 0.4) is 0 Å². The fourth-order valence-corrected chi connectivity index (χ4v) is 6.31. The van der Waals surface area contributed by atoms with E-state index in [0.29, 0.717) is 17.4 Å². The summed E-state index contributed by atoms with van der Waals surface area (Å²) in [6.45, 7) is 1.61. The van der Waals surface area contributed by atoms with Crippen molar-refractivity contribution in [1.29, 1.82) is 0 Å². The number of rotatable bonds is 8. The highest BCUT2D eigenvalue weighted by Crippen LogP contribution is 2.35. The maximum Gasteiger partial charge on any atom is 0.417 e. The zero-order valence-electron chi connectivity index (χ0n) is 15.6. The van der Waals surface area contributed by atoms with E-state index in [1.165, 1.54) is 0 Å². The van der Waals surface area contributed by atoms with Crippen molar-refractivity contribution in [3.8, 4) is 0 Å². The second kappa shape index (κ2) is 8.91. The number of methoxy groups -OCH3 is 1. The molecule has 14 heteroatoms. The predicted octanol–water partition coefficient (Wildman–Crippen LogP) is 3.04. The minimum Gasteiger partial charge on any atom is -0.465 e. The quantitative estimate of drug-likeness (QED) is 0.435. The molecular weight excluding hydrogens is 469 g/mol. The highest BCUT2D eigenvalue weighted by Gasteiger charge is 2.37. The van der Waals surface area contributed by atoms with Crippen molar-refractivity contribution in [1.82, 2.24) is 4.83 Å². The third-order valence-electron chi connectivity index (χ3n) is 3.73. The molecule has 0 spiro atoms. The van der Waals surface area contributed by atoms with Crippen molar-refractivity contribution in [2.45, 2.75) is 29.3 Å². The summed E-state index contributed by atoms with van der Waals surface area (Å²) in [6.07, 6.45) is -4.70. The van der Waals surface area contributed by atoms with Crippen molar-refractivity contribution in [2.75, 3.05) is 18.3 Å². The number of halogens is 3. The van der Waals surface area contributed by atoms with Crippen LogP contribution < -0.4 is 10.3 Å². The van der Waals surface area contributed by atoms with E-state index in [9.17, 15) is 34.8 Å². The van der Waals surface area contributed by atoms with E-state index in [1.807, 2.05) is 0 Å². The minimum absolute atomic E-state index is 0.246. The van der Waals surface area contributed by atoms with E-state index in [4.69, 9.17) is 0 Å². The van der Waals surface area contributed by atoms with Gasteiger partial charge in [-0.2, -0.15) is 13.2 Å². The number of ether oxygens (including phenoxy) is 1. The summed E-state index contributed by atoms with van der Waals surface area (Å²) < 4.78 is 93.9. The van der Waals surface area contributed by atoms with Gasteiger partial charge in [0.05, 0.1) is 29.0 Å². The Balaban J connectivity index is 2.49. The number of hydrazine groups is 1. The lowest BCUT2D eigenvalue weighted by Gasteiger charge is -2.15. The Morgan fingerprint density at radius 2 is 1.77 bits per heavy atom. The molecule has 0 aliphatic heterocycles. The third-order valence-corrected chi connectivity index (χ3v) is 8.08. The maximum absolute atomic E-state index is 13.2. The molecule has 0 amide bonds. The average molecular weight is 487 g/mol. The molecule has 2 rings (SSSR count). The summed E-state index contributed by atoms with van der Waals surface area (Å²) in [5.74, 6) is -1.24. The fourth-order valence-electron chi connectivity index (χ4n) is 2.42. The van der Waals surface area contributed by atoms with Gasteiger partial charge in [-0.15, -0.1) is 16.2 Å². The SMILES string of the molecule is CCCS(=O)(=O)c1csc(C(=O)OC)c1NNS(=O)(=O)c1ccccc1C(F)(F)F. The molecule has 0 bridgehead atoms. The first-order valence-corrected chi connectivity index (χ1v) is 12.2. The van der Waals surface area contributed by atoms with E-state index in [0.717, 1.165) is 30.7 Å². The van der Waals surface area contributed by atoms with E-state index in [1.54, 1.807) is 11.8 Å². The molecular formula is C16H17F3N2O6S3. The molecule has 0 aliphatic carbocycles. The normalized spacial score (nSPS) is 12.6. The maximum atomic E-state index is 13.2. The van der Waals surface area contributed by atoms with Gasteiger partial charge in [0.2, 0.25) is 0 Å². The molecule has 0 aliphatic rings. The lowest BCUT2D eigenvalue weighted by atomic mass is 10.2. The molecule has 1 heterocycles. The van der Waals surface area contributed by atoms with Crippen LogP contribution in [0, 0.1) is 0 Å². The van der Waals surface area contributed by atoms with Gasteiger partial charge in [-0.1, -0.05) is 19.1 Å². The van der Waals surface area contributed by atoms with Crippen LogP contribution in [0.2, 0.25) is 0 Å². The largest absolute Gasteiger partial charge is 0.465 e. The van der Waals surface area contributed by atoms with Crippen LogP contribution in [0.5, 0.6) is 0 Å². The topological polar surface area (TPSA) is 119 Å². The number of anilines is 1. The molecule has 166 valence electrons. The van der Waals surface area contributed by atoms with Gasteiger partial charge in [0.25, 0.3) is 10.0 Å². The second-order valence-electron chi connectivity index (χ2n) is 5.84. The molecule has 0 unspecified atom stereocenters. The number of esters is 1. The number of sulfonamides is 1. The van der Waals surface area contributed by atoms with Gasteiger partial charge in [-0.05, 0) is 18.6 Å². The van der Waals surface area contributed by atoms with Gasteiger partial charge in [-0.3, -0.25) is 0 Å². The highest BCUT2D eigenvalue weighted by atomic mass is 32.2. The Morgan fingerprint density at radius 3 is 2.33 bits per heavy atom. The van der Waals surface area contributed by atoms with Crippen LogP contribution in [0.15, 0.2) is 39.4 Å². The van der Waals surface area contributed by atoms with Gasteiger partial charge >= 0.3 is 12.1 Å². The first kappa shape index (κ1) is 24.1. The number of hydrogen-bond donors (Lipinski definition) is 2. The molecule has 2 N–H and O–H groups in total. The first-order valence-electron chi connectivity index (χ1n) is 8.21. The highest BCUT2D eigenvalue weighted by molar-refractivity contribution is 7.91. The Morgan fingerprint density at radius 1 is 1.13 bits per heavy atom. The number of benzene rings is 1. The summed E-state index contributed by atoms with van der Waals surface area (Å²) in [6, 6.07) is 3.47. The Hall–Kier alpha value is -2.16. The van der Waals surface area contributed by atoms with Gasteiger partial charge in [0.15, 0.2) is 9.84 Å². The zero-order valence-corrected chi connectivity index (χ0v) is 18.1. The fraction of sp³-hybridized carbons (Fsp3) is 0.312. The van der Waals surface area contributed by atoms with Crippen molar-refractivity contribution < 1.29 is 39.5 Å². The number of carbonyl (C=O) groups is 1. The van der Waals surface area contributed by atoms with Crippen LogP contribution >= 0.6 is 11.3 Å². The molecule has 0 saturated heterocycles. The minimum atomic E-state index is -4.94. The molecule has 30 heavy (non-hydrogen) atoms. The Kier molecular flexibility index (Phi) is 7.16. The molecule has 0 radical (unpaired) electrons. The van der Waals surface area contributed by atoms with E-state index < -0.39 is 48.2 Å². The molecule has 0 saturated carbocycles. The van der Waals surface area contributed by atoms with Crippen molar-refractivity contribution in [3.05, 3.63) is 40.1 Å². The van der Waals surface area contributed by atoms with E-state index in [2.05, 4.69) is 10.2 Å². The lowest BCUT2D eigenvalue weighted by molar-refractivity contribution is -0.139. The molecule has 1 aromatic heterocycles.